The summed E-state index contributed by atoms with van der Waals surface area (Å²) in [7, 11) is 0. The van der Waals surface area contributed by atoms with Gasteiger partial charge in [0.1, 0.15) is 17.2 Å². The van der Waals surface area contributed by atoms with Gasteiger partial charge in [0.15, 0.2) is 0 Å². The standard InChI is InChI=1S/C29H24O4/c1-19-3-7-21(8-4-19)29(30)33-26-14-10-23-15-22-9-13-25(16-27(22)28(23)17-26)32-18-31-24-11-5-20(2)6-12-24/h3-14,16-17H,15,18H2,1-2H3. The van der Waals surface area contributed by atoms with Crippen molar-refractivity contribution in [2.24, 2.45) is 0 Å². The van der Waals surface area contributed by atoms with Crippen molar-refractivity contribution in [1.82, 2.24) is 0 Å². The van der Waals surface area contributed by atoms with E-state index in [1.807, 2.05) is 80.6 Å². The molecule has 33 heavy (non-hydrogen) atoms. The molecule has 1 aliphatic carbocycles. The predicted octanol–water partition coefficient (Wildman–Crippen LogP) is 6.51. The van der Waals surface area contributed by atoms with Gasteiger partial charge in [-0.2, -0.15) is 0 Å². The van der Waals surface area contributed by atoms with Gasteiger partial charge in [0.25, 0.3) is 0 Å². The van der Waals surface area contributed by atoms with Crippen molar-refractivity contribution in [2.75, 3.05) is 6.79 Å². The lowest BCUT2D eigenvalue weighted by Crippen LogP contribution is -2.08. The Bertz CT molecular complexity index is 1300. The molecule has 0 atom stereocenters. The fraction of sp³-hybridized carbons (Fsp3) is 0.138. The van der Waals surface area contributed by atoms with Crippen molar-refractivity contribution in [3.05, 3.63) is 113 Å². The maximum Gasteiger partial charge on any atom is 0.343 e. The summed E-state index contributed by atoms with van der Waals surface area (Å²) < 4.78 is 17.2. The maximum atomic E-state index is 12.5. The van der Waals surface area contributed by atoms with Crippen LogP contribution in [0.3, 0.4) is 0 Å². The number of hydrogen-bond acceptors (Lipinski definition) is 4. The number of ether oxygens (including phenoxy) is 3. The Balaban J connectivity index is 1.30. The van der Waals surface area contributed by atoms with Crippen LogP contribution in [0.5, 0.6) is 17.2 Å². The Morgan fingerprint density at radius 1 is 0.667 bits per heavy atom. The molecule has 1 aliphatic rings. The Morgan fingerprint density at radius 2 is 1.18 bits per heavy atom. The van der Waals surface area contributed by atoms with Crippen LogP contribution in [0.2, 0.25) is 0 Å². The zero-order valence-corrected chi connectivity index (χ0v) is 18.6. The monoisotopic (exact) mass is 436 g/mol. The first-order valence-electron chi connectivity index (χ1n) is 10.9. The third kappa shape index (κ3) is 4.60. The van der Waals surface area contributed by atoms with Gasteiger partial charge in [-0.3, -0.25) is 0 Å². The number of hydrogen-bond donors (Lipinski definition) is 0. The number of rotatable bonds is 6. The second-order valence-electron chi connectivity index (χ2n) is 8.29. The molecule has 0 heterocycles. The number of benzene rings is 4. The average Bonchev–Trinajstić information content (AvgIpc) is 3.18. The Labute approximate surface area is 193 Å². The molecule has 164 valence electrons. The zero-order chi connectivity index (χ0) is 22.8. The van der Waals surface area contributed by atoms with E-state index in [0.717, 1.165) is 34.6 Å². The van der Waals surface area contributed by atoms with Gasteiger partial charge in [-0.1, -0.05) is 47.5 Å². The van der Waals surface area contributed by atoms with Gasteiger partial charge in [0.05, 0.1) is 5.56 Å². The molecule has 0 bridgehead atoms. The second kappa shape index (κ2) is 8.83. The number of carbonyl (C=O) groups excluding carboxylic acids is 1. The van der Waals surface area contributed by atoms with E-state index in [4.69, 9.17) is 14.2 Å². The van der Waals surface area contributed by atoms with Crippen LogP contribution < -0.4 is 14.2 Å². The molecule has 0 aromatic heterocycles. The molecule has 4 aromatic rings. The first-order valence-corrected chi connectivity index (χ1v) is 10.9. The summed E-state index contributed by atoms with van der Waals surface area (Å²) in [5.74, 6) is 1.67. The van der Waals surface area contributed by atoms with Crippen molar-refractivity contribution in [2.45, 2.75) is 20.3 Å². The molecule has 0 saturated carbocycles. The first-order chi connectivity index (χ1) is 16.0. The molecular formula is C29H24O4. The normalized spacial score (nSPS) is 11.5. The van der Waals surface area contributed by atoms with Crippen LogP contribution in [0, 0.1) is 13.8 Å². The minimum atomic E-state index is -0.362. The summed E-state index contributed by atoms with van der Waals surface area (Å²) in [6.45, 7) is 4.15. The third-order valence-corrected chi connectivity index (χ3v) is 5.80. The van der Waals surface area contributed by atoms with Crippen LogP contribution in [0.25, 0.3) is 11.1 Å². The summed E-state index contributed by atoms with van der Waals surface area (Å²) in [6, 6.07) is 27.1. The first kappa shape index (κ1) is 20.8. The van der Waals surface area contributed by atoms with Gasteiger partial charge in [0, 0.05) is 0 Å². The van der Waals surface area contributed by atoms with Crippen molar-refractivity contribution in [3.63, 3.8) is 0 Å². The van der Waals surface area contributed by atoms with E-state index in [1.165, 1.54) is 16.7 Å². The molecule has 0 N–H and O–H groups in total. The maximum absolute atomic E-state index is 12.5. The minimum Gasteiger partial charge on any atom is -0.458 e. The Morgan fingerprint density at radius 3 is 1.85 bits per heavy atom. The van der Waals surface area contributed by atoms with E-state index in [1.54, 1.807) is 12.1 Å². The number of aryl methyl sites for hydroxylation is 2. The SMILES string of the molecule is Cc1ccc(OCOc2ccc3c(c2)-c2cc(OC(=O)c4ccc(C)cc4)ccc2C3)cc1. The summed E-state index contributed by atoms with van der Waals surface area (Å²) in [5, 5.41) is 0. The van der Waals surface area contributed by atoms with E-state index < -0.39 is 0 Å². The zero-order valence-electron chi connectivity index (χ0n) is 18.6. The van der Waals surface area contributed by atoms with Crippen LogP contribution in [0.15, 0.2) is 84.9 Å². The molecule has 5 rings (SSSR count). The highest BCUT2D eigenvalue weighted by Crippen LogP contribution is 2.40. The van der Waals surface area contributed by atoms with Gasteiger partial charge in [-0.05, 0) is 91.1 Å². The molecule has 4 nitrogen and oxygen atoms in total. The lowest BCUT2D eigenvalue weighted by Gasteiger charge is -2.11. The highest BCUT2D eigenvalue weighted by molar-refractivity contribution is 5.91. The molecule has 0 saturated heterocycles. The van der Waals surface area contributed by atoms with Crippen LogP contribution in [0.4, 0.5) is 0 Å². The van der Waals surface area contributed by atoms with E-state index in [9.17, 15) is 4.79 Å². The summed E-state index contributed by atoms with van der Waals surface area (Å²) in [4.78, 5) is 12.5. The largest absolute Gasteiger partial charge is 0.458 e. The van der Waals surface area contributed by atoms with Crippen molar-refractivity contribution in [1.29, 1.82) is 0 Å². The van der Waals surface area contributed by atoms with Crippen molar-refractivity contribution < 1.29 is 19.0 Å². The molecule has 0 fully saturated rings. The molecular weight excluding hydrogens is 412 g/mol. The molecule has 4 aromatic carbocycles. The van der Waals surface area contributed by atoms with Gasteiger partial charge in [-0.15, -0.1) is 0 Å². The predicted molar refractivity (Wildman–Crippen MR) is 128 cm³/mol. The van der Waals surface area contributed by atoms with Crippen LogP contribution >= 0.6 is 0 Å². The van der Waals surface area contributed by atoms with Gasteiger partial charge >= 0.3 is 5.97 Å². The molecule has 0 spiro atoms. The number of fused-ring (bicyclic) bond motifs is 3. The van der Waals surface area contributed by atoms with Gasteiger partial charge in [-0.25, -0.2) is 4.79 Å². The topological polar surface area (TPSA) is 44.8 Å². The van der Waals surface area contributed by atoms with Gasteiger partial charge in [0.2, 0.25) is 6.79 Å². The van der Waals surface area contributed by atoms with Crippen LogP contribution in [0.1, 0.15) is 32.6 Å². The Hall–Kier alpha value is -4.05. The average molecular weight is 437 g/mol. The van der Waals surface area contributed by atoms with Crippen molar-refractivity contribution >= 4 is 5.97 Å². The molecule has 0 radical (unpaired) electrons. The van der Waals surface area contributed by atoms with Crippen molar-refractivity contribution in [3.8, 4) is 28.4 Å². The summed E-state index contributed by atoms with van der Waals surface area (Å²) >= 11 is 0. The Kier molecular flexibility index (Phi) is 5.57. The lowest BCUT2D eigenvalue weighted by atomic mass is 10.1. The quantitative estimate of drug-likeness (QED) is 0.173. The molecule has 0 amide bonds. The van der Waals surface area contributed by atoms with Gasteiger partial charge < -0.3 is 14.2 Å². The molecule has 0 unspecified atom stereocenters. The number of esters is 1. The van der Waals surface area contributed by atoms with Crippen LogP contribution in [-0.4, -0.2) is 12.8 Å². The fourth-order valence-electron chi connectivity index (χ4n) is 3.93. The summed E-state index contributed by atoms with van der Waals surface area (Å²) in [6.07, 6.45) is 0.844. The lowest BCUT2D eigenvalue weighted by molar-refractivity contribution is 0.0735. The highest BCUT2D eigenvalue weighted by atomic mass is 16.7. The highest BCUT2D eigenvalue weighted by Gasteiger charge is 2.20. The van der Waals surface area contributed by atoms with E-state index >= 15 is 0 Å². The van der Waals surface area contributed by atoms with E-state index in [0.29, 0.717) is 11.3 Å². The van der Waals surface area contributed by atoms with E-state index in [-0.39, 0.29) is 12.8 Å². The second-order valence-corrected chi connectivity index (χ2v) is 8.29. The molecule has 4 heteroatoms. The fourth-order valence-corrected chi connectivity index (χ4v) is 3.93. The minimum absolute atomic E-state index is 0.128. The smallest absolute Gasteiger partial charge is 0.343 e. The van der Waals surface area contributed by atoms with Crippen LogP contribution in [-0.2, 0) is 6.42 Å². The summed E-state index contributed by atoms with van der Waals surface area (Å²) in [5.41, 5.74) is 7.39. The van der Waals surface area contributed by atoms with E-state index in [2.05, 4.69) is 6.07 Å². The number of carbonyl (C=O) groups is 1. The molecule has 0 aliphatic heterocycles. The third-order valence-electron chi connectivity index (χ3n) is 5.80.